The molecule has 0 spiro atoms. The number of nitrogens with two attached hydrogens (primary N) is 1. The molecular weight excluding hydrogens is 242 g/mol. The van der Waals surface area contributed by atoms with Crippen molar-refractivity contribution in [2.75, 3.05) is 37.8 Å². The second-order valence-electron chi connectivity index (χ2n) is 5.33. The van der Waals surface area contributed by atoms with E-state index in [9.17, 15) is 4.79 Å². The van der Waals surface area contributed by atoms with Crippen LogP contribution in [0.4, 0.5) is 11.4 Å². The summed E-state index contributed by atoms with van der Waals surface area (Å²) in [6.45, 7) is 1.95. The third-order valence-electron chi connectivity index (χ3n) is 3.55. The van der Waals surface area contributed by atoms with E-state index in [2.05, 4.69) is 23.9 Å². The maximum Gasteiger partial charge on any atom is 0.337 e. The predicted octanol–water partition coefficient (Wildman–Crippen LogP) is 1.50. The minimum atomic E-state index is -0.970. The molecule has 1 aliphatic rings. The highest BCUT2D eigenvalue weighted by atomic mass is 16.4. The maximum absolute atomic E-state index is 11.1. The summed E-state index contributed by atoms with van der Waals surface area (Å²) in [5, 5.41) is 9.14. The van der Waals surface area contributed by atoms with Crippen LogP contribution < -0.4 is 10.6 Å². The first-order valence-corrected chi connectivity index (χ1v) is 6.53. The van der Waals surface area contributed by atoms with Crippen molar-refractivity contribution >= 4 is 17.3 Å². The number of anilines is 2. The van der Waals surface area contributed by atoms with Crippen molar-refractivity contribution in [2.24, 2.45) is 0 Å². The lowest BCUT2D eigenvalue weighted by atomic mass is 10.1. The van der Waals surface area contributed by atoms with Gasteiger partial charge in [0.1, 0.15) is 0 Å². The number of carboxylic acid groups (broad SMARTS) is 1. The van der Waals surface area contributed by atoms with Gasteiger partial charge in [-0.1, -0.05) is 0 Å². The highest BCUT2D eigenvalue weighted by molar-refractivity contribution is 5.94. The first-order valence-electron chi connectivity index (χ1n) is 6.53. The van der Waals surface area contributed by atoms with E-state index >= 15 is 0 Å². The van der Waals surface area contributed by atoms with E-state index in [1.807, 2.05) is 6.07 Å². The molecule has 2 rings (SSSR count). The van der Waals surface area contributed by atoms with Crippen LogP contribution in [0.2, 0.25) is 0 Å². The Hall–Kier alpha value is -1.75. The Kier molecular flexibility index (Phi) is 3.95. The largest absolute Gasteiger partial charge is 0.478 e. The van der Waals surface area contributed by atoms with E-state index in [-0.39, 0.29) is 5.56 Å². The Morgan fingerprint density at radius 1 is 1.53 bits per heavy atom. The van der Waals surface area contributed by atoms with Crippen LogP contribution in [0.5, 0.6) is 0 Å². The number of carboxylic acids is 1. The normalized spacial score (nSPS) is 19.1. The van der Waals surface area contributed by atoms with Crippen LogP contribution in [0.1, 0.15) is 23.2 Å². The molecule has 1 heterocycles. The van der Waals surface area contributed by atoms with Gasteiger partial charge in [0.05, 0.1) is 5.56 Å². The second-order valence-corrected chi connectivity index (χ2v) is 5.33. The lowest BCUT2D eigenvalue weighted by Gasteiger charge is -2.29. The van der Waals surface area contributed by atoms with E-state index in [0.717, 1.165) is 31.6 Å². The number of nitrogen functional groups attached to an aromatic ring is 1. The summed E-state index contributed by atoms with van der Waals surface area (Å²) in [5.41, 5.74) is 7.16. The molecule has 1 aromatic carbocycles. The number of rotatable bonds is 4. The van der Waals surface area contributed by atoms with Crippen LogP contribution in [-0.2, 0) is 0 Å². The fourth-order valence-corrected chi connectivity index (χ4v) is 2.70. The predicted molar refractivity (Wildman–Crippen MR) is 76.7 cm³/mol. The number of nitrogens with zero attached hydrogens (tertiary/aromatic N) is 2. The summed E-state index contributed by atoms with van der Waals surface area (Å²) < 4.78 is 0. The molecule has 0 amide bonds. The molecule has 1 saturated heterocycles. The quantitative estimate of drug-likeness (QED) is 0.806. The van der Waals surface area contributed by atoms with E-state index in [1.165, 1.54) is 0 Å². The average Bonchev–Trinajstić information content (AvgIpc) is 2.76. The standard InChI is InChI=1S/C14H21N3O2/c1-16(2)9-11-4-3-7-17(11)10-5-6-13(15)12(8-10)14(18)19/h5-6,8,11H,3-4,7,9,15H2,1-2H3,(H,18,19). The van der Waals surface area contributed by atoms with Gasteiger partial charge in [0, 0.05) is 30.5 Å². The lowest BCUT2D eigenvalue weighted by Crippen LogP contribution is -2.37. The molecule has 0 radical (unpaired) electrons. The maximum atomic E-state index is 11.1. The Morgan fingerprint density at radius 2 is 2.26 bits per heavy atom. The van der Waals surface area contributed by atoms with Crippen molar-refractivity contribution in [2.45, 2.75) is 18.9 Å². The lowest BCUT2D eigenvalue weighted by molar-refractivity contribution is 0.0698. The van der Waals surface area contributed by atoms with Gasteiger partial charge in [0.2, 0.25) is 0 Å². The van der Waals surface area contributed by atoms with Crippen molar-refractivity contribution in [3.63, 3.8) is 0 Å². The molecule has 5 heteroatoms. The Bertz CT molecular complexity index is 474. The van der Waals surface area contributed by atoms with Crippen molar-refractivity contribution < 1.29 is 9.90 Å². The van der Waals surface area contributed by atoms with Gasteiger partial charge in [0.25, 0.3) is 0 Å². The van der Waals surface area contributed by atoms with Crippen LogP contribution >= 0.6 is 0 Å². The van der Waals surface area contributed by atoms with Crippen molar-refractivity contribution in [3.05, 3.63) is 23.8 Å². The van der Waals surface area contributed by atoms with Crippen LogP contribution in [-0.4, -0.2) is 49.2 Å². The van der Waals surface area contributed by atoms with Crippen molar-refractivity contribution in [1.29, 1.82) is 0 Å². The van der Waals surface area contributed by atoms with Crippen LogP contribution in [0.3, 0.4) is 0 Å². The van der Waals surface area contributed by atoms with Gasteiger partial charge in [-0.15, -0.1) is 0 Å². The zero-order chi connectivity index (χ0) is 14.0. The summed E-state index contributed by atoms with van der Waals surface area (Å²) in [7, 11) is 4.12. The monoisotopic (exact) mass is 263 g/mol. The average molecular weight is 263 g/mol. The molecule has 0 bridgehead atoms. The fourth-order valence-electron chi connectivity index (χ4n) is 2.70. The molecule has 1 aliphatic heterocycles. The van der Waals surface area contributed by atoms with Gasteiger partial charge in [0.15, 0.2) is 0 Å². The van der Waals surface area contributed by atoms with Gasteiger partial charge in [-0.25, -0.2) is 4.79 Å². The van der Waals surface area contributed by atoms with Gasteiger partial charge in [-0.05, 0) is 45.1 Å². The first-order chi connectivity index (χ1) is 8.99. The Balaban J connectivity index is 2.25. The third-order valence-corrected chi connectivity index (χ3v) is 3.55. The molecule has 1 fully saturated rings. The molecular formula is C14H21N3O2. The number of hydrogen-bond acceptors (Lipinski definition) is 4. The number of hydrogen-bond donors (Lipinski definition) is 2. The molecule has 1 aromatic rings. The first kappa shape index (κ1) is 13.7. The fraction of sp³-hybridized carbons (Fsp3) is 0.500. The second kappa shape index (κ2) is 5.48. The zero-order valence-electron chi connectivity index (χ0n) is 11.5. The van der Waals surface area contributed by atoms with Gasteiger partial charge < -0.3 is 20.6 Å². The highest BCUT2D eigenvalue weighted by Crippen LogP contribution is 2.28. The summed E-state index contributed by atoms with van der Waals surface area (Å²) in [4.78, 5) is 15.6. The molecule has 3 N–H and O–H groups in total. The Morgan fingerprint density at radius 3 is 2.89 bits per heavy atom. The number of likely N-dealkylation sites (N-methyl/N-ethyl adjacent to an activating group) is 1. The minimum Gasteiger partial charge on any atom is -0.478 e. The molecule has 0 saturated carbocycles. The molecule has 19 heavy (non-hydrogen) atoms. The summed E-state index contributed by atoms with van der Waals surface area (Å²) in [6, 6.07) is 5.73. The molecule has 1 unspecified atom stereocenters. The molecule has 5 nitrogen and oxygen atoms in total. The van der Waals surface area contributed by atoms with Crippen molar-refractivity contribution in [1.82, 2.24) is 4.90 Å². The molecule has 1 atom stereocenters. The molecule has 0 aromatic heterocycles. The van der Waals surface area contributed by atoms with Crippen molar-refractivity contribution in [3.8, 4) is 0 Å². The van der Waals surface area contributed by atoms with Gasteiger partial charge in [-0.2, -0.15) is 0 Å². The van der Waals surface area contributed by atoms with E-state index in [4.69, 9.17) is 10.8 Å². The van der Waals surface area contributed by atoms with Gasteiger partial charge in [-0.3, -0.25) is 0 Å². The summed E-state index contributed by atoms with van der Waals surface area (Å²) in [5.74, 6) is -0.970. The summed E-state index contributed by atoms with van der Waals surface area (Å²) >= 11 is 0. The molecule has 0 aliphatic carbocycles. The number of benzene rings is 1. The topological polar surface area (TPSA) is 69.8 Å². The van der Waals surface area contributed by atoms with E-state index in [0.29, 0.717) is 11.7 Å². The minimum absolute atomic E-state index is 0.188. The summed E-state index contributed by atoms with van der Waals surface area (Å²) in [6.07, 6.45) is 2.29. The van der Waals surface area contributed by atoms with E-state index in [1.54, 1.807) is 12.1 Å². The Labute approximate surface area is 113 Å². The van der Waals surface area contributed by atoms with E-state index < -0.39 is 5.97 Å². The van der Waals surface area contributed by atoms with Crippen LogP contribution in [0.25, 0.3) is 0 Å². The molecule has 104 valence electrons. The zero-order valence-corrected chi connectivity index (χ0v) is 11.5. The van der Waals surface area contributed by atoms with Crippen LogP contribution in [0.15, 0.2) is 18.2 Å². The SMILES string of the molecule is CN(C)CC1CCCN1c1ccc(N)c(C(=O)O)c1. The number of carbonyl (C=O) groups is 1. The van der Waals surface area contributed by atoms with Crippen LogP contribution in [0, 0.1) is 0 Å². The smallest absolute Gasteiger partial charge is 0.337 e. The van der Waals surface area contributed by atoms with Gasteiger partial charge >= 0.3 is 5.97 Å². The number of aromatic carboxylic acids is 1. The third kappa shape index (κ3) is 2.98. The highest BCUT2D eigenvalue weighted by Gasteiger charge is 2.26.